The fourth-order valence-corrected chi connectivity index (χ4v) is 5.52. The second-order valence-corrected chi connectivity index (χ2v) is 10.00. The van der Waals surface area contributed by atoms with Crippen molar-refractivity contribution in [2.75, 3.05) is 26.2 Å². The van der Waals surface area contributed by atoms with Crippen LogP contribution in [0.4, 0.5) is 0 Å². The molecule has 4 nitrogen and oxygen atoms in total. The van der Waals surface area contributed by atoms with Crippen LogP contribution in [0.3, 0.4) is 0 Å². The van der Waals surface area contributed by atoms with Crippen LogP contribution in [0.25, 0.3) is 11.3 Å². The molecular formula is C31H34N4. The molecule has 1 saturated carbocycles. The summed E-state index contributed by atoms with van der Waals surface area (Å²) in [5.74, 6) is 1.80. The summed E-state index contributed by atoms with van der Waals surface area (Å²) in [6, 6.07) is 33.2. The maximum Gasteiger partial charge on any atom is 0.110 e. The van der Waals surface area contributed by atoms with Gasteiger partial charge in [0.05, 0.1) is 17.4 Å². The largest absolute Gasteiger partial charge is 0.344 e. The van der Waals surface area contributed by atoms with Crippen molar-refractivity contribution < 1.29 is 0 Å². The quantitative estimate of drug-likeness (QED) is 0.344. The topological polar surface area (TPSA) is 35.2 Å². The van der Waals surface area contributed by atoms with Gasteiger partial charge in [-0.2, -0.15) is 0 Å². The molecule has 0 radical (unpaired) electrons. The summed E-state index contributed by atoms with van der Waals surface area (Å²) in [4.78, 5) is 14.1. The summed E-state index contributed by atoms with van der Waals surface area (Å²) in [7, 11) is 0. The lowest BCUT2D eigenvalue weighted by Gasteiger charge is -2.41. The van der Waals surface area contributed by atoms with Gasteiger partial charge in [0.25, 0.3) is 0 Å². The van der Waals surface area contributed by atoms with E-state index in [4.69, 9.17) is 4.98 Å². The maximum absolute atomic E-state index is 5.09. The summed E-state index contributed by atoms with van der Waals surface area (Å²) in [6.45, 7) is 6.52. The Morgan fingerprint density at radius 1 is 0.714 bits per heavy atom. The zero-order valence-electron chi connectivity index (χ0n) is 20.5. The molecule has 1 saturated heterocycles. The van der Waals surface area contributed by atoms with E-state index in [1.54, 1.807) is 0 Å². The van der Waals surface area contributed by atoms with Gasteiger partial charge >= 0.3 is 0 Å². The Bertz CT molecular complexity index is 1180. The highest BCUT2D eigenvalue weighted by Crippen LogP contribution is 2.41. The molecule has 4 aromatic rings. The van der Waals surface area contributed by atoms with Crippen LogP contribution >= 0.6 is 0 Å². The lowest BCUT2D eigenvalue weighted by atomic mass is 9.96. The van der Waals surface area contributed by atoms with Gasteiger partial charge in [-0.3, -0.25) is 9.80 Å². The van der Waals surface area contributed by atoms with E-state index in [0.717, 1.165) is 31.9 Å². The van der Waals surface area contributed by atoms with Gasteiger partial charge < -0.3 is 4.98 Å². The third kappa shape index (κ3) is 4.69. The molecule has 1 N–H and O–H groups in total. The molecule has 2 heterocycles. The number of nitrogens with one attached hydrogen (secondary N) is 1. The number of hydrogen-bond donors (Lipinski definition) is 1. The first-order chi connectivity index (χ1) is 17.3. The van der Waals surface area contributed by atoms with Crippen LogP contribution in [0.2, 0.25) is 0 Å². The van der Waals surface area contributed by atoms with Crippen LogP contribution in [-0.4, -0.2) is 45.9 Å². The minimum Gasteiger partial charge on any atom is -0.344 e. The van der Waals surface area contributed by atoms with E-state index in [9.17, 15) is 0 Å². The van der Waals surface area contributed by atoms with Gasteiger partial charge in [0.1, 0.15) is 5.82 Å². The minimum atomic E-state index is 0.295. The molecule has 0 amide bonds. The first-order valence-electron chi connectivity index (χ1n) is 13.0. The Morgan fingerprint density at radius 3 is 1.77 bits per heavy atom. The average molecular weight is 463 g/mol. The number of rotatable bonds is 7. The Labute approximate surface area is 208 Å². The third-order valence-electron chi connectivity index (χ3n) is 7.67. The predicted octanol–water partition coefficient (Wildman–Crippen LogP) is 6.42. The fraction of sp³-hybridized carbons (Fsp3) is 0.323. The van der Waals surface area contributed by atoms with Crippen molar-refractivity contribution in [1.82, 2.24) is 19.8 Å². The zero-order chi connectivity index (χ0) is 23.6. The van der Waals surface area contributed by atoms with E-state index in [1.165, 1.54) is 41.1 Å². The SMILES string of the molecule is CC(c1[nH]c(C2CC2)nc1-c1ccccc1)N1CCN(C(c2ccccc2)c2ccccc2)CC1. The lowest BCUT2D eigenvalue weighted by molar-refractivity contribution is 0.0829. The van der Waals surface area contributed by atoms with Crippen LogP contribution in [0.1, 0.15) is 60.4 Å². The van der Waals surface area contributed by atoms with Crippen LogP contribution in [0.5, 0.6) is 0 Å². The van der Waals surface area contributed by atoms with E-state index in [2.05, 4.69) is 113 Å². The van der Waals surface area contributed by atoms with Crippen molar-refractivity contribution in [3.05, 3.63) is 114 Å². The predicted molar refractivity (Wildman–Crippen MR) is 142 cm³/mol. The molecule has 0 spiro atoms. The normalized spacial score (nSPS) is 18.1. The Morgan fingerprint density at radius 2 is 1.23 bits per heavy atom. The summed E-state index contributed by atoms with van der Waals surface area (Å²) < 4.78 is 0. The molecule has 1 atom stereocenters. The van der Waals surface area contributed by atoms with E-state index in [1.807, 2.05) is 0 Å². The van der Waals surface area contributed by atoms with Crippen molar-refractivity contribution in [2.24, 2.45) is 0 Å². The summed E-state index contributed by atoms with van der Waals surface area (Å²) >= 11 is 0. The molecule has 0 bridgehead atoms. The smallest absolute Gasteiger partial charge is 0.110 e. The Balaban J connectivity index is 1.23. The number of hydrogen-bond acceptors (Lipinski definition) is 3. The molecule has 1 aromatic heterocycles. The molecule has 178 valence electrons. The van der Waals surface area contributed by atoms with Crippen LogP contribution in [-0.2, 0) is 0 Å². The summed E-state index contributed by atoms with van der Waals surface area (Å²) in [5, 5.41) is 0. The van der Waals surface area contributed by atoms with Gasteiger partial charge in [-0.25, -0.2) is 4.98 Å². The van der Waals surface area contributed by atoms with Gasteiger partial charge in [0.2, 0.25) is 0 Å². The molecule has 6 rings (SSSR count). The second-order valence-electron chi connectivity index (χ2n) is 10.00. The number of benzene rings is 3. The molecule has 4 heteroatoms. The number of piperazine rings is 1. The number of aromatic nitrogens is 2. The van der Waals surface area contributed by atoms with Crippen LogP contribution in [0.15, 0.2) is 91.0 Å². The van der Waals surface area contributed by atoms with Gasteiger partial charge in [-0.1, -0.05) is 91.0 Å². The van der Waals surface area contributed by atoms with Crippen molar-refractivity contribution >= 4 is 0 Å². The van der Waals surface area contributed by atoms with Gasteiger partial charge in [0.15, 0.2) is 0 Å². The maximum atomic E-state index is 5.09. The first kappa shape index (κ1) is 22.3. The molecule has 1 aliphatic carbocycles. The number of imidazole rings is 1. The lowest BCUT2D eigenvalue weighted by Crippen LogP contribution is -2.48. The molecule has 35 heavy (non-hydrogen) atoms. The zero-order valence-corrected chi connectivity index (χ0v) is 20.5. The number of aromatic amines is 1. The van der Waals surface area contributed by atoms with E-state index >= 15 is 0 Å². The van der Waals surface area contributed by atoms with Crippen LogP contribution < -0.4 is 0 Å². The van der Waals surface area contributed by atoms with Crippen molar-refractivity contribution in [3.63, 3.8) is 0 Å². The van der Waals surface area contributed by atoms with Crippen molar-refractivity contribution in [1.29, 1.82) is 0 Å². The molecule has 2 fully saturated rings. The Kier molecular flexibility index (Phi) is 6.24. The fourth-order valence-electron chi connectivity index (χ4n) is 5.52. The van der Waals surface area contributed by atoms with E-state index in [-0.39, 0.29) is 0 Å². The van der Waals surface area contributed by atoms with Crippen LogP contribution in [0, 0.1) is 0 Å². The highest BCUT2D eigenvalue weighted by molar-refractivity contribution is 5.63. The number of nitrogens with zero attached hydrogens (tertiary/aromatic N) is 3. The first-order valence-corrected chi connectivity index (χ1v) is 13.0. The highest BCUT2D eigenvalue weighted by Gasteiger charge is 2.33. The highest BCUT2D eigenvalue weighted by atomic mass is 15.3. The molecular weight excluding hydrogens is 428 g/mol. The second kappa shape index (κ2) is 9.80. The third-order valence-corrected chi connectivity index (χ3v) is 7.67. The molecule has 2 aliphatic rings. The van der Waals surface area contributed by atoms with Crippen molar-refractivity contribution in [3.8, 4) is 11.3 Å². The van der Waals surface area contributed by atoms with Crippen molar-refractivity contribution in [2.45, 2.75) is 37.8 Å². The van der Waals surface area contributed by atoms with E-state index < -0.39 is 0 Å². The van der Waals surface area contributed by atoms with E-state index in [0.29, 0.717) is 18.0 Å². The van der Waals surface area contributed by atoms with Gasteiger partial charge in [-0.15, -0.1) is 0 Å². The minimum absolute atomic E-state index is 0.295. The molecule has 1 unspecified atom stereocenters. The average Bonchev–Trinajstić information content (AvgIpc) is 3.69. The number of H-pyrrole nitrogens is 1. The monoisotopic (exact) mass is 462 g/mol. The molecule has 1 aliphatic heterocycles. The summed E-state index contributed by atoms with van der Waals surface area (Å²) in [6.07, 6.45) is 2.52. The standard InChI is InChI=1S/C31H34N4/c1-23(28-29(24-11-5-2-6-12-24)33-31(32-28)27-17-18-27)34-19-21-35(22-20-34)30(25-13-7-3-8-14-25)26-15-9-4-10-16-26/h2-16,23,27,30H,17-22H2,1H3,(H,32,33). The van der Waals surface area contributed by atoms with Gasteiger partial charge in [0, 0.05) is 43.7 Å². The Hall–Kier alpha value is -3.21. The molecule has 3 aromatic carbocycles. The van der Waals surface area contributed by atoms with Gasteiger partial charge in [-0.05, 0) is 30.9 Å². The summed E-state index contributed by atoms with van der Waals surface area (Å²) in [5.41, 5.74) is 6.36.